The highest BCUT2D eigenvalue weighted by molar-refractivity contribution is 5.75. The molecule has 0 bridgehead atoms. The number of likely N-dealkylation sites (tertiary alicyclic amines) is 2. The minimum absolute atomic E-state index is 0.110. The average molecular weight is 282 g/mol. The van der Waals surface area contributed by atoms with E-state index in [2.05, 4.69) is 13.8 Å². The number of hydrogen-bond donors (Lipinski definition) is 1. The zero-order chi connectivity index (χ0) is 14.7. The number of amides is 2. The Morgan fingerprint density at radius 1 is 1.10 bits per heavy atom. The summed E-state index contributed by atoms with van der Waals surface area (Å²) >= 11 is 0. The topological polar surface area (TPSA) is 60.9 Å². The van der Waals surface area contributed by atoms with Crippen LogP contribution in [0.15, 0.2) is 0 Å². The Bertz CT molecular complexity index is 362. The van der Waals surface area contributed by atoms with Gasteiger partial charge in [-0.15, -0.1) is 0 Å². The molecule has 20 heavy (non-hydrogen) atoms. The van der Waals surface area contributed by atoms with Crippen molar-refractivity contribution in [3.05, 3.63) is 0 Å². The Morgan fingerprint density at radius 2 is 1.75 bits per heavy atom. The molecular formula is C15H26N2O3. The highest BCUT2D eigenvalue weighted by atomic mass is 16.4. The second-order valence-electron chi connectivity index (χ2n) is 6.69. The van der Waals surface area contributed by atoms with E-state index in [0.29, 0.717) is 18.4 Å². The van der Waals surface area contributed by atoms with Crippen LogP contribution in [0.3, 0.4) is 0 Å². The summed E-state index contributed by atoms with van der Waals surface area (Å²) in [6.07, 6.45) is 3.20. The van der Waals surface area contributed by atoms with Gasteiger partial charge in [-0.1, -0.05) is 13.8 Å². The summed E-state index contributed by atoms with van der Waals surface area (Å²) in [4.78, 5) is 27.2. The van der Waals surface area contributed by atoms with Crippen molar-refractivity contribution in [1.82, 2.24) is 9.80 Å². The molecule has 0 radical (unpaired) electrons. The van der Waals surface area contributed by atoms with E-state index >= 15 is 0 Å². The standard InChI is InChI=1S/C15H26N2O3/c1-11-6-12(2)9-17(8-11)15(20)16-5-3-4-13(10-16)7-14(18)19/h11-13H,3-10H2,1-2H3,(H,18,19). The number of carbonyl (C=O) groups is 2. The van der Waals surface area contributed by atoms with Crippen LogP contribution in [0.2, 0.25) is 0 Å². The van der Waals surface area contributed by atoms with Gasteiger partial charge in [0.2, 0.25) is 0 Å². The Labute approximate surface area is 120 Å². The maximum atomic E-state index is 12.6. The minimum Gasteiger partial charge on any atom is -0.481 e. The highest BCUT2D eigenvalue weighted by Crippen LogP contribution is 2.25. The van der Waals surface area contributed by atoms with Crippen LogP contribution in [-0.4, -0.2) is 53.1 Å². The second kappa shape index (κ2) is 6.46. The number of rotatable bonds is 2. The summed E-state index contributed by atoms with van der Waals surface area (Å²) in [6, 6.07) is 0.110. The van der Waals surface area contributed by atoms with E-state index in [-0.39, 0.29) is 18.4 Å². The summed E-state index contributed by atoms with van der Waals surface area (Å²) in [7, 11) is 0. The lowest BCUT2D eigenvalue weighted by atomic mass is 9.91. The van der Waals surface area contributed by atoms with Crippen molar-refractivity contribution in [2.45, 2.75) is 39.5 Å². The van der Waals surface area contributed by atoms with E-state index < -0.39 is 5.97 Å². The van der Waals surface area contributed by atoms with Crippen LogP contribution in [0.25, 0.3) is 0 Å². The average Bonchev–Trinajstić information content (AvgIpc) is 2.36. The summed E-state index contributed by atoms with van der Waals surface area (Å²) in [5, 5.41) is 8.89. The van der Waals surface area contributed by atoms with E-state index in [1.807, 2.05) is 9.80 Å². The van der Waals surface area contributed by atoms with E-state index in [1.54, 1.807) is 0 Å². The van der Waals surface area contributed by atoms with Crippen LogP contribution in [0.4, 0.5) is 4.79 Å². The fourth-order valence-corrected chi connectivity index (χ4v) is 3.67. The monoisotopic (exact) mass is 282 g/mol. The third-order valence-corrected chi connectivity index (χ3v) is 4.39. The predicted molar refractivity (Wildman–Crippen MR) is 76.5 cm³/mol. The number of piperidine rings is 2. The fraction of sp³-hybridized carbons (Fsp3) is 0.867. The first-order valence-corrected chi connectivity index (χ1v) is 7.71. The molecule has 0 aromatic carbocycles. The molecule has 2 saturated heterocycles. The van der Waals surface area contributed by atoms with Crippen molar-refractivity contribution in [3.8, 4) is 0 Å². The summed E-state index contributed by atoms with van der Waals surface area (Å²) in [5.41, 5.74) is 0. The SMILES string of the molecule is CC1CC(C)CN(C(=O)N2CCCC(CC(=O)O)C2)C1. The highest BCUT2D eigenvalue weighted by Gasteiger charge is 2.31. The minimum atomic E-state index is -0.760. The van der Waals surface area contributed by atoms with Gasteiger partial charge in [0.1, 0.15) is 0 Å². The van der Waals surface area contributed by atoms with Crippen molar-refractivity contribution >= 4 is 12.0 Å². The van der Waals surface area contributed by atoms with Crippen molar-refractivity contribution in [2.75, 3.05) is 26.2 Å². The smallest absolute Gasteiger partial charge is 0.320 e. The van der Waals surface area contributed by atoms with Gasteiger partial charge in [-0.3, -0.25) is 4.79 Å². The Morgan fingerprint density at radius 3 is 2.35 bits per heavy atom. The Kier molecular flexibility index (Phi) is 4.89. The van der Waals surface area contributed by atoms with Gasteiger partial charge in [0, 0.05) is 32.6 Å². The molecule has 2 aliphatic rings. The third-order valence-electron chi connectivity index (χ3n) is 4.39. The largest absolute Gasteiger partial charge is 0.481 e. The molecule has 114 valence electrons. The molecule has 2 heterocycles. The third kappa shape index (κ3) is 3.87. The van der Waals surface area contributed by atoms with Crippen molar-refractivity contribution < 1.29 is 14.7 Å². The van der Waals surface area contributed by atoms with E-state index in [9.17, 15) is 9.59 Å². The zero-order valence-electron chi connectivity index (χ0n) is 12.5. The lowest BCUT2D eigenvalue weighted by Crippen LogP contribution is -2.51. The van der Waals surface area contributed by atoms with Gasteiger partial charge in [-0.25, -0.2) is 4.79 Å². The summed E-state index contributed by atoms with van der Waals surface area (Å²) in [5.74, 6) is 0.471. The summed E-state index contributed by atoms with van der Waals surface area (Å²) in [6.45, 7) is 7.43. The van der Waals surface area contributed by atoms with Crippen LogP contribution < -0.4 is 0 Å². The number of carboxylic acid groups (broad SMARTS) is 1. The summed E-state index contributed by atoms with van der Waals surface area (Å²) < 4.78 is 0. The van der Waals surface area contributed by atoms with Gasteiger partial charge in [0.05, 0.1) is 0 Å². The first kappa shape index (κ1) is 15.1. The first-order valence-electron chi connectivity index (χ1n) is 7.71. The first-order chi connectivity index (χ1) is 9.45. The number of carbonyl (C=O) groups excluding carboxylic acids is 1. The molecular weight excluding hydrogens is 256 g/mol. The number of urea groups is 1. The maximum absolute atomic E-state index is 12.6. The van der Waals surface area contributed by atoms with E-state index in [0.717, 1.165) is 32.5 Å². The number of hydrogen-bond acceptors (Lipinski definition) is 2. The van der Waals surface area contributed by atoms with Crippen LogP contribution in [-0.2, 0) is 4.79 Å². The van der Waals surface area contributed by atoms with Gasteiger partial charge < -0.3 is 14.9 Å². The molecule has 2 fully saturated rings. The molecule has 2 rings (SSSR count). The molecule has 1 N–H and O–H groups in total. The lowest BCUT2D eigenvalue weighted by Gasteiger charge is -2.40. The Hall–Kier alpha value is -1.26. The molecule has 2 aliphatic heterocycles. The molecule has 3 atom stereocenters. The maximum Gasteiger partial charge on any atom is 0.320 e. The second-order valence-corrected chi connectivity index (χ2v) is 6.69. The van der Waals surface area contributed by atoms with Gasteiger partial charge in [0.15, 0.2) is 0 Å². The zero-order valence-corrected chi connectivity index (χ0v) is 12.5. The Balaban J connectivity index is 1.92. The molecule has 0 aromatic heterocycles. The molecule has 5 heteroatoms. The molecule has 0 aliphatic carbocycles. The number of carboxylic acids is 1. The van der Waals surface area contributed by atoms with Crippen LogP contribution in [0.1, 0.15) is 39.5 Å². The van der Waals surface area contributed by atoms with E-state index in [1.165, 1.54) is 6.42 Å². The quantitative estimate of drug-likeness (QED) is 0.845. The van der Waals surface area contributed by atoms with Crippen LogP contribution in [0.5, 0.6) is 0 Å². The van der Waals surface area contributed by atoms with Crippen molar-refractivity contribution in [2.24, 2.45) is 17.8 Å². The van der Waals surface area contributed by atoms with Crippen molar-refractivity contribution in [3.63, 3.8) is 0 Å². The molecule has 3 unspecified atom stereocenters. The number of nitrogens with zero attached hydrogens (tertiary/aromatic N) is 2. The van der Waals surface area contributed by atoms with Crippen LogP contribution in [0, 0.1) is 17.8 Å². The van der Waals surface area contributed by atoms with Crippen LogP contribution >= 0.6 is 0 Å². The molecule has 0 aromatic rings. The normalized spacial score (nSPS) is 31.2. The lowest BCUT2D eigenvalue weighted by molar-refractivity contribution is -0.138. The molecule has 0 saturated carbocycles. The molecule has 0 spiro atoms. The number of aliphatic carboxylic acids is 1. The predicted octanol–water partition coefficient (Wildman–Crippen LogP) is 2.27. The van der Waals surface area contributed by atoms with Gasteiger partial charge in [-0.2, -0.15) is 0 Å². The molecule has 2 amide bonds. The van der Waals surface area contributed by atoms with Gasteiger partial charge >= 0.3 is 12.0 Å². The molecule has 5 nitrogen and oxygen atoms in total. The van der Waals surface area contributed by atoms with E-state index in [4.69, 9.17) is 5.11 Å². The fourth-order valence-electron chi connectivity index (χ4n) is 3.67. The van der Waals surface area contributed by atoms with Gasteiger partial charge in [0.25, 0.3) is 0 Å². The van der Waals surface area contributed by atoms with Crippen molar-refractivity contribution in [1.29, 1.82) is 0 Å². The van der Waals surface area contributed by atoms with Gasteiger partial charge in [-0.05, 0) is 37.0 Å².